The Morgan fingerprint density at radius 1 is 0.935 bits per heavy atom. The smallest absolute Gasteiger partial charge is 0.269 e. The standard InChI is InChI=1S/C24H17N3O3S/c28-20-14-11-15-5-1-2-6-18(15)22(20)23(16-9-12-17(13-10-16)27(29)30)26-24-25-19-7-3-4-8-21(19)31-24/h1-14,23,28H,(H,25,26). The number of nitro groups is 1. The summed E-state index contributed by atoms with van der Waals surface area (Å²) in [6.45, 7) is 0. The Balaban J connectivity index is 1.67. The summed E-state index contributed by atoms with van der Waals surface area (Å²) in [5, 5.41) is 28.0. The van der Waals surface area contributed by atoms with E-state index in [1.165, 1.54) is 23.5 Å². The third kappa shape index (κ3) is 3.55. The van der Waals surface area contributed by atoms with Crippen molar-refractivity contribution in [3.63, 3.8) is 0 Å². The number of fused-ring (bicyclic) bond motifs is 2. The van der Waals surface area contributed by atoms with E-state index in [1.807, 2.05) is 54.6 Å². The Kier molecular flexibility index (Phi) is 4.72. The highest BCUT2D eigenvalue weighted by atomic mass is 32.1. The molecule has 0 aliphatic carbocycles. The number of aromatic nitrogens is 1. The van der Waals surface area contributed by atoms with E-state index in [9.17, 15) is 15.2 Å². The molecule has 0 spiro atoms. The average Bonchev–Trinajstić information content (AvgIpc) is 3.20. The zero-order chi connectivity index (χ0) is 21.4. The van der Waals surface area contributed by atoms with Crippen molar-refractivity contribution in [3.05, 3.63) is 106 Å². The van der Waals surface area contributed by atoms with E-state index in [1.54, 1.807) is 18.2 Å². The third-order valence-corrected chi connectivity index (χ3v) is 6.20. The second kappa shape index (κ2) is 7.70. The van der Waals surface area contributed by atoms with Gasteiger partial charge in [-0.25, -0.2) is 4.98 Å². The van der Waals surface area contributed by atoms with Crippen LogP contribution in [0.15, 0.2) is 84.9 Å². The van der Waals surface area contributed by atoms with Crippen LogP contribution in [-0.4, -0.2) is 15.0 Å². The van der Waals surface area contributed by atoms with Crippen molar-refractivity contribution < 1.29 is 10.0 Å². The first-order valence-electron chi connectivity index (χ1n) is 9.67. The Labute approximate surface area is 181 Å². The maximum absolute atomic E-state index is 11.1. The number of hydrogen-bond donors (Lipinski definition) is 2. The number of phenolic OH excluding ortho intramolecular Hbond substituents is 1. The lowest BCUT2D eigenvalue weighted by atomic mass is 9.92. The summed E-state index contributed by atoms with van der Waals surface area (Å²) in [5.74, 6) is 0.149. The first-order valence-corrected chi connectivity index (χ1v) is 10.5. The maximum atomic E-state index is 11.1. The second-order valence-electron chi connectivity index (χ2n) is 7.13. The molecule has 1 aromatic heterocycles. The molecule has 4 aromatic carbocycles. The molecule has 0 fully saturated rings. The average molecular weight is 427 g/mol. The molecule has 0 radical (unpaired) electrons. The summed E-state index contributed by atoms with van der Waals surface area (Å²) in [7, 11) is 0. The van der Waals surface area contributed by atoms with Gasteiger partial charge in [0, 0.05) is 17.7 Å². The van der Waals surface area contributed by atoms with Crippen molar-refractivity contribution in [2.24, 2.45) is 0 Å². The number of nitrogens with zero attached hydrogens (tertiary/aromatic N) is 2. The van der Waals surface area contributed by atoms with Crippen LogP contribution in [0.25, 0.3) is 21.0 Å². The zero-order valence-corrected chi connectivity index (χ0v) is 17.0. The fraction of sp³-hybridized carbons (Fsp3) is 0.0417. The van der Waals surface area contributed by atoms with Gasteiger partial charge in [0.25, 0.3) is 5.69 Å². The van der Waals surface area contributed by atoms with E-state index in [4.69, 9.17) is 0 Å². The summed E-state index contributed by atoms with van der Waals surface area (Å²) in [5.41, 5.74) is 2.40. The van der Waals surface area contributed by atoms with Crippen molar-refractivity contribution in [2.75, 3.05) is 5.32 Å². The van der Waals surface area contributed by atoms with Gasteiger partial charge in [0.1, 0.15) is 5.75 Å². The van der Waals surface area contributed by atoms with Crippen LogP contribution in [0, 0.1) is 10.1 Å². The molecule has 152 valence electrons. The van der Waals surface area contributed by atoms with Gasteiger partial charge in [-0.15, -0.1) is 0 Å². The van der Waals surface area contributed by atoms with Crippen molar-refractivity contribution in [1.29, 1.82) is 0 Å². The monoisotopic (exact) mass is 427 g/mol. The Bertz CT molecular complexity index is 1380. The SMILES string of the molecule is O=[N+]([O-])c1ccc(C(Nc2nc3ccccc3s2)c2c(O)ccc3ccccc23)cc1. The van der Waals surface area contributed by atoms with Crippen molar-refractivity contribution in [1.82, 2.24) is 4.98 Å². The number of para-hydroxylation sites is 1. The lowest BCUT2D eigenvalue weighted by molar-refractivity contribution is -0.384. The van der Waals surface area contributed by atoms with E-state index >= 15 is 0 Å². The molecule has 0 aliphatic rings. The summed E-state index contributed by atoms with van der Waals surface area (Å²) < 4.78 is 1.05. The van der Waals surface area contributed by atoms with Crippen LogP contribution >= 0.6 is 11.3 Å². The molecule has 31 heavy (non-hydrogen) atoms. The quantitative estimate of drug-likeness (QED) is 0.255. The number of rotatable bonds is 5. The van der Waals surface area contributed by atoms with Crippen LogP contribution in [0.1, 0.15) is 17.2 Å². The minimum atomic E-state index is -0.451. The van der Waals surface area contributed by atoms with Gasteiger partial charge in [-0.2, -0.15) is 0 Å². The maximum Gasteiger partial charge on any atom is 0.269 e. The number of thiazole rings is 1. The van der Waals surface area contributed by atoms with Crippen molar-refractivity contribution in [2.45, 2.75) is 6.04 Å². The molecule has 0 bridgehead atoms. The molecular formula is C24H17N3O3S. The number of non-ortho nitro benzene ring substituents is 1. The Morgan fingerprint density at radius 3 is 2.45 bits per heavy atom. The van der Waals surface area contributed by atoms with Crippen molar-refractivity contribution in [3.8, 4) is 5.75 Å². The Hall–Kier alpha value is -3.97. The van der Waals surface area contributed by atoms with Crippen LogP contribution in [0.2, 0.25) is 0 Å². The molecule has 5 aromatic rings. The molecule has 1 heterocycles. The molecule has 0 aliphatic heterocycles. The lowest BCUT2D eigenvalue weighted by Gasteiger charge is -2.22. The van der Waals surface area contributed by atoms with Crippen LogP contribution in [0.4, 0.5) is 10.8 Å². The van der Waals surface area contributed by atoms with Crippen LogP contribution < -0.4 is 5.32 Å². The van der Waals surface area contributed by atoms with E-state index in [0.717, 1.165) is 26.6 Å². The lowest BCUT2D eigenvalue weighted by Crippen LogP contribution is -2.13. The van der Waals surface area contributed by atoms with Gasteiger partial charge in [-0.05, 0) is 46.7 Å². The molecule has 2 N–H and O–H groups in total. The summed E-state index contributed by atoms with van der Waals surface area (Å²) in [4.78, 5) is 15.4. The molecule has 5 rings (SSSR count). The molecule has 7 heteroatoms. The number of anilines is 1. The van der Waals surface area contributed by atoms with Gasteiger partial charge in [-0.1, -0.05) is 53.8 Å². The largest absolute Gasteiger partial charge is 0.508 e. The summed E-state index contributed by atoms with van der Waals surface area (Å²) >= 11 is 1.52. The van der Waals surface area contributed by atoms with Gasteiger partial charge < -0.3 is 10.4 Å². The van der Waals surface area contributed by atoms with E-state index in [-0.39, 0.29) is 11.4 Å². The molecule has 1 unspecified atom stereocenters. The van der Waals surface area contributed by atoms with E-state index in [0.29, 0.717) is 10.7 Å². The number of hydrogen-bond acceptors (Lipinski definition) is 6. The number of phenols is 1. The van der Waals surface area contributed by atoms with Gasteiger partial charge in [0.2, 0.25) is 0 Å². The number of benzene rings is 4. The highest BCUT2D eigenvalue weighted by Crippen LogP contribution is 2.39. The van der Waals surface area contributed by atoms with Crippen LogP contribution in [-0.2, 0) is 0 Å². The first-order chi connectivity index (χ1) is 15.1. The fourth-order valence-corrected chi connectivity index (χ4v) is 4.65. The number of nitro benzene ring substituents is 1. The van der Waals surface area contributed by atoms with Crippen LogP contribution in [0.3, 0.4) is 0 Å². The Morgan fingerprint density at radius 2 is 1.68 bits per heavy atom. The van der Waals surface area contributed by atoms with E-state index in [2.05, 4.69) is 10.3 Å². The molecule has 0 saturated heterocycles. The minimum Gasteiger partial charge on any atom is -0.508 e. The molecule has 0 saturated carbocycles. The molecule has 0 amide bonds. The zero-order valence-electron chi connectivity index (χ0n) is 16.2. The highest BCUT2D eigenvalue weighted by molar-refractivity contribution is 7.22. The highest BCUT2D eigenvalue weighted by Gasteiger charge is 2.22. The molecular weight excluding hydrogens is 410 g/mol. The summed E-state index contributed by atoms with van der Waals surface area (Å²) in [6, 6.07) is 25.2. The first kappa shape index (κ1) is 19.0. The number of aromatic hydroxyl groups is 1. The summed E-state index contributed by atoms with van der Waals surface area (Å²) in [6.07, 6.45) is 0. The van der Waals surface area contributed by atoms with Gasteiger partial charge in [0.15, 0.2) is 5.13 Å². The topological polar surface area (TPSA) is 88.3 Å². The van der Waals surface area contributed by atoms with E-state index < -0.39 is 11.0 Å². The second-order valence-corrected chi connectivity index (χ2v) is 8.16. The minimum absolute atomic E-state index is 0.0182. The predicted molar refractivity (Wildman–Crippen MR) is 124 cm³/mol. The van der Waals surface area contributed by atoms with Crippen LogP contribution in [0.5, 0.6) is 5.75 Å². The van der Waals surface area contributed by atoms with Gasteiger partial charge in [-0.3, -0.25) is 10.1 Å². The predicted octanol–water partition coefficient (Wildman–Crippen LogP) is 6.26. The van der Waals surface area contributed by atoms with Gasteiger partial charge in [0.05, 0.1) is 21.2 Å². The molecule has 1 atom stereocenters. The van der Waals surface area contributed by atoms with Crippen molar-refractivity contribution >= 4 is 43.1 Å². The molecule has 6 nitrogen and oxygen atoms in total. The van der Waals surface area contributed by atoms with Gasteiger partial charge >= 0.3 is 0 Å². The fourth-order valence-electron chi connectivity index (χ4n) is 3.76. The normalized spacial score (nSPS) is 12.1. The number of nitrogens with one attached hydrogen (secondary N) is 1. The third-order valence-electron chi connectivity index (χ3n) is 5.24.